The predicted molar refractivity (Wildman–Crippen MR) is 76.8 cm³/mol. The maximum Gasteiger partial charge on any atom is 0.171 e. The Bertz CT molecular complexity index is 481. The normalized spacial score (nSPS) is 10.7. The van der Waals surface area contributed by atoms with Crippen molar-refractivity contribution in [2.24, 2.45) is 0 Å². The van der Waals surface area contributed by atoms with E-state index in [4.69, 9.17) is 0 Å². The molecule has 0 fully saturated rings. The highest BCUT2D eigenvalue weighted by molar-refractivity contribution is 5.11. The van der Waals surface area contributed by atoms with Crippen LogP contribution in [0.3, 0.4) is 0 Å². The zero-order valence-electron chi connectivity index (χ0n) is 12.5. The monoisotopic (exact) mass is 256 g/mol. The molecule has 0 aliphatic carbocycles. The lowest BCUT2D eigenvalue weighted by molar-refractivity contribution is -0.727. The second-order valence-corrected chi connectivity index (χ2v) is 5.61. The van der Waals surface area contributed by atoms with Gasteiger partial charge in [0.2, 0.25) is 0 Å². The number of hydrogen-bond acceptors (Lipinski definition) is 0. The minimum Gasteiger partial charge on any atom is -0.204 e. The molecule has 0 saturated carbocycles. The fourth-order valence-electron chi connectivity index (χ4n) is 2.68. The molecule has 0 unspecified atom stereocenters. The summed E-state index contributed by atoms with van der Waals surface area (Å²) in [5.74, 6) is 0. The average Bonchev–Trinajstić information content (AvgIpc) is 2.26. The molecule has 2 aromatic rings. The van der Waals surface area contributed by atoms with Crippen molar-refractivity contribution in [3.63, 3.8) is 0 Å². The fourth-order valence-corrected chi connectivity index (χ4v) is 2.68. The second kappa shape index (κ2) is 5.96. The summed E-state index contributed by atoms with van der Waals surface area (Å²) in [4.78, 5) is 0. The van der Waals surface area contributed by atoms with Crippen LogP contribution in [0.15, 0.2) is 36.9 Å². The van der Waals surface area contributed by atoms with Gasteiger partial charge in [-0.05, 0) is 39.8 Å². The van der Waals surface area contributed by atoms with Crippen molar-refractivity contribution < 1.29 is 9.13 Å². The molecule has 2 heterocycles. The van der Waals surface area contributed by atoms with Gasteiger partial charge in [-0.15, -0.1) is 0 Å². The van der Waals surface area contributed by atoms with Crippen molar-refractivity contribution in [3.05, 3.63) is 59.2 Å². The SMILES string of the molecule is Cc1cc(C)c[n+](CCC[n+]2cc(C)cc(C)c2)c1. The van der Waals surface area contributed by atoms with Crippen LogP contribution in [0.25, 0.3) is 0 Å². The second-order valence-electron chi connectivity index (χ2n) is 5.61. The third kappa shape index (κ3) is 4.16. The first-order chi connectivity index (χ1) is 9.02. The summed E-state index contributed by atoms with van der Waals surface area (Å²) in [5.41, 5.74) is 5.33. The molecule has 0 radical (unpaired) electrons. The number of rotatable bonds is 4. The van der Waals surface area contributed by atoms with Gasteiger partial charge in [0, 0.05) is 22.3 Å². The highest BCUT2D eigenvalue weighted by atomic mass is 15.0. The first-order valence-corrected chi connectivity index (χ1v) is 6.97. The Balaban J connectivity index is 1.96. The van der Waals surface area contributed by atoms with Crippen LogP contribution < -0.4 is 9.13 Å². The Morgan fingerprint density at radius 2 is 0.947 bits per heavy atom. The van der Waals surface area contributed by atoms with Crippen LogP contribution in [0.1, 0.15) is 28.7 Å². The summed E-state index contributed by atoms with van der Waals surface area (Å²) in [6, 6.07) is 4.43. The van der Waals surface area contributed by atoms with Crippen molar-refractivity contribution >= 4 is 0 Å². The molecule has 0 atom stereocenters. The summed E-state index contributed by atoms with van der Waals surface area (Å²) in [5, 5.41) is 0. The van der Waals surface area contributed by atoms with Crippen molar-refractivity contribution in [1.82, 2.24) is 0 Å². The van der Waals surface area contributed by atoms with Crippen LogP contribution in [0.5, 0.6) is 0 Å². The van der Waals surface area contributed by atoms with Gasteiger partial charge in [-0.3, -0.25) is 0 Å². The van der Waals surface area contributed by atoms with E-state index < -0.39 is 0 Å². The highest BCUT2D eigenvalue weighted by Gasteiger charge is 2.07. The van der Waals surface area contributed by atoms with E-state index in [0.29, 0.717) is 0 Å². The Kier molecular flexibility index (Phi) is 4.31. The summed E-state index contributed by atoms with van der Waals surface area (Å²) in [6.07, 6.45) is 10.0. The van der Waals surface area contributed by atoms with Crippen molar-refractivity contribution in [2.75, 3.05) is 0 Å². The summed E-state index contributed by atoms with van der Waals surface area (Å²) in [6.45, 7) is 10.8. The molecule has 19 heavy (non-hydrogen) atoms. The van der Waals surface area contributed by atoms with Crippen LogP contribution in [-0.2, 0) is 13.1 Å². The molecular formula is C17H24N2+2. The van der Waals surface area contributed by atoms with Gasteiger partial charge >= 0.3 is 0 Å². The fraction of sp³-hybridized carbons (Fsp3) is 0.412. The van der Waals surface area contributed by atoms with E-state index in [9.17, 15) is 0 Å². The molecule has 0 saturated heterocycles. The smallest absolute Gasteiger partial charge is 0.171 e. The molecule has 0 bridgehead atoms. The number of pyridine rings is 2. The first kappa shape index (κ1) is 13.7. The minimum atomic E-state index is 1.07. The number of hydrogen-bond donors (Lipinski definition) is 0. The Morgan fingerprint density at radius 3 is 1.26 bits per heavy atom. The first-order valence-electron chi connectivity index (χ1n) is 6.97. The van der Waals surface area contributed by atoms with Gasteiger partial charge in [-0.1, -0.05) is 0 Å². The van der Waals surface area contributed by atoms with Gasteiger partial charge in [0.05, 0.1) is 6.42 Å². The molecule has 0 aromatic carbocycles. The molecule has 2 nitrogen and oxygen atoms in total. The van der Waals surface area contributed by atoms with Crippen LogP contribution >= 0.6 is 0 Å². The standard InChI is InChI=1S/C17H24N2/c1-14-8-15(2)11-18(10-14)6-5-7-19-12-16(3)9-17(4)13-19/h8-13H,5-7H2,1-4H3/q+2. The van der Waals surface area contributed by atoms with Gasteiger partial charge in [-0.25, -0.2) is 9.13 Å². The van der Waals surface area contributed by atoms with Gasteiger partial charge in [0.1, 0.15) is 0 Å². The molecule has 2 rings (SSSR count). The zero-order chi connectivity index (χ0) is 13.8. The highest BCUT2D eigenvalue weighted by Crippen LogP contribution is 1.99. The maximum absolute atomic E-state index is 2.30. The van der Waals surface area contributed by atoms with Gasteiger partial charge < -0.3 is 0 Å². The molecule has 100 valence electrons. The van der Waals surface area contributed by atoms with Crippen molar-refractivity contribution in [2.45, 2.75) is 47.2 Å². The van der Waals surface area contributed by atoms with Crippen molar-refractivity contribution in [1.29, 1.82) is 0 Å². The van der Waals surface area contributed by atoms with Crippen molar-refractivity contribution in [3.8, 4) is 0 Å². The lowest BCUT2D eigenvalue weighted by Crippen LogP contribution is -2.39. The average molecular weight is 256 g/mol. The largest absolute Gasteiger partial charge is 0.204 e. The Morgan fingerprint density at radius 1 is 0.632 bits per heavy atom. The topological polar surface area (TPSA) is 7.76 Å². The summed E-state index contributed by atoms with van der Waals surface area (Å²) < 4.78 is 4.60. The zero-order valence-corrected chi connectivity index (χ0v) is 12.5. The molecule has 2 aromatic heterocycles. The van der Waals surface area contributed by atoms with Crippen LogP contribution in [-0.4, -0.2) is 0 Å². The number of aryl methyl sites for hydroxylation is 6. The van der Waals surface area contributed by atoms with Crippen LogP contribution in [0, 0.1) is 27.7 Å². The number of aromatic nitrogens is 2. The minimum absolute atomic E-state index is 1.07. The van der Waals surface area contributed by atoms with E-state index >= 15 is 0 Å². The van der Waals surface area contributed by atoms with E-state index in [2.05, 4.69) is 73.7 Å². The Labute approximate surface area is 116 Å². The van der Waals surface area contributed by atoms with E-state index in [1.165, 1.54) is 22.3 Å². The lowest BCUT2D eigenvalue weighted by Gasteiger charge is -2.01. The van der Waals surface area contributed by atoms with E-state index in [-0.39, 0.29) is 0 Å². The quantitative estimate of drug-likeness (QED) is 0.743. The molecule has 0 aliphatic heterocycles. The molecular weight excluding hydrogens is 232 g/mol. The summed E-state index contributed by atoms with van der Waals surface area (Å²) in [7, 11) is 0. The third-order valence-corrected chi connectivity index (χ3v) is 3.22. The third-order valence-electron chi connectivity index (χ3n) is 3.22. The van der Waals surface area contributed by atoms with E-state index in [1.54, 1.807) is 0 Å². The summed E-state index contributed by atoms with van der Waals surface area (Å²) >= 11 is 0. The van der Waals surface area contributed by atoms with E-state index in [0.717, 1.165) is 19.5 Å². The molecule has 2 heteroatoms. The number of nitrogens with zero attached hydrogens (tertiary/aromatic N) is 2. The molecule has 0 spiro atoms. The van der Waals surface area contributed by atoms with Gasteiger partial charge in [0.25, 0.3) is 0 Å². The van der Waals surface area contributed by atoms with Gasteiger partial charge in [-0.2, -0.15) is 0 Å². The molecule has 0 aliphatic rings. The molecule has 0 amide bonds. The predicted octanol–water partition coefficient (Wildman–Crippen LogP) is 2.59. The van der Waals surface area contributed by atoms with Crippen LogP contribution in [0.2, 0.25) is 0 Å². The Hall–Kier alpha value is -1.70. The van der Waals surface area contributed by atoms with Gasteiger partial charge in [0.15, 0.2) is 37.9 Å². The van der Waals surface area contributed by atoms with E-state index in [1.807, 2.05) is 0 Å². The molecule has 0 N–H and O–H groups in total. The lowest BCUT2D eigenvalue weighted by atomic mass is 10.2. The van der Waals surface area contributed by atoms with Crippen LogP contribution in [0.4, 0.5) is 0 Å². The maximum atomic E-state index is 2.30.